The van der Waals surface area contributed by atoms with E-state index in [4.69, 9.17) is 9.47 Å². The van der Waals surface area contributed by atoms with Crippen LogP contribution in [0.3, 0.4) is 0 Å². The average molecular weight is 669 g/mol. The number of carbonyl (C=O) groups is 3. The van der Waals surface area contributed by atoms with Gasteiger partial charge in [0.2, 0.25) is 11.8 Å². The molecule has 4 aromatic rings. The van der Waals surface area contributed by atoms with E-state index in [1.165, 1.54) is 12.0 Å². The number of nitrogens with one attached hydrogen (secondary N) is 2. The van der Waals surface area contributed by atoms with Crippen molar-refractivity contribution in [1.82, 2.24) is 25.1 Å². The summed E-state index contributed by atoms with van der Waals surface area (Å²) in [7, 11) is 5.04. The van der Waals surface area contributed by atoms with E-state index in [0.717, 1.165) is 37.2 Å². The van der Waals surface area contributed by atoms with E-state index in [1.807, 2.05) is 31.3 Å². The van der Waals surface area contributed by atoms with Crippen molar-refractivity contribution in [2.45, 2.75) is 50.9 Å². The monoisotopic (exact) mass is 668 g/mol. The zero-order chi connectivity index (χ0) is 34.4. The molecule has 1 aromatic heterocycles. The molecule has 0 radical (unpaired) electrons. The molecule has 3 aliphatic rings. The van der Waals surface area contributed by atoms with Crippen molar-refractivity contribution in [3.63, 3.8) is 0 Å². The van der Waals surface area contributed by atoms with Crippen LogP contribution in [0.5, 0.6) is 11.5 Å². The Balaban J connectivity index is 0.984. The molecule has 3 aliphatic heterocycles. The van der Waals surface area contributed by atoms with Crippen molar-refractivity contribution in [2.24, 2.45) is 0 Å². The maximum Gasteiger partial charge on any atom is 0.262 e. The summed E-state index contributed by atoms with van der Waals surface area (Å²) in [4.78, 5) is 63.4. The fourth-order valence-electron chi connectivity index (χ4n) is 7.19. The first-order valence-corrected chi connectivity index (χ1v) is 16.3. The number of halogens is 1. The van der Waals surface area contributed by atoms with Gasteiger partial charge in [-0.15, -0.1) is 0 Å². The molecule has 12 nitrogen and oxygen atoms in total. The molecular weight excluding hydrogens is 631 g/mol. The van der Waals surface area contributed by atoms with Gasteiger partial charge in [0, 0.05) is 72.2 Å². The molecule has 2 fully saturated rings. The zero-order valence-corrected chi connectivity index (χ0v) is 27.5. The van der Waals surface area contributed by atoms with Crippen molar-refractivity contribution < 1.29 is 28.2 Å². The molecule has 1 unspecified atom stereocenters. The summed E-state index contributed by atoms with van der Waals surface area (Å²) in [5, 5.41) is 2.64. The summed E-state index contributed by atoms with van der Waals surface area (Å²) in [6.45, 7) is 2.04. The van der Waals surface area contributed by atoms with Crippen molar-refractivity contribution >= 4 is 34.3 Å². The lowest BCUT2D eigenvalue weighted by Crippen LogP contribution is -2.52. The van der Waals surface area contributed by atoms with E-state index in [2.05, 4.69) is 25.1 Å². The molecule has 0 aliphatic carbocycles. The Bertz CT molecular complexity index is 2020. The number of aromatic amines is 1. The number of anilines is 1. The van der Waals surface area contributed by atoms with Gasteiger partial charge in [-0.05, 0) is 56.6 Å². The molecule has 0 bridgehead atoms. The standard InChI is InChI=1S/C36H37FN6O6/c1-41(18-21-6-9-25-26(32(21)37)19-43(36(25)47)28-10-11-30(44)39-34(28)45)22-12-14-42(15-13-22)23-7-4-20(5-8-23)33-38-27-16-24(48-2)17-29(49-3)31(27)35(46)40-33/h4-9,16-17,22,28H,10-15,18-19H2,1-3H3,(H,38,40,46)(H,39,44,45). The number of amides is 3. The Morgan fingerprint density at radius 1 is 0.980 bits per heavy atom. The third-order valence-electron chi connectivity index (χ3n) is 9.94. The zero-order valence-electron chi connectivity index (χ0n) is 27.5. The predicted octanol–water partition coefficient (Wildman–Crippen LogP) is 3.61. The Morgan fingerprint density at radius 3 is 2.43 bits per heavy atom. The van der Waals surface area contributed by atoms with Crippen molar-refractivity contribution in [3.8, 4) is 22.9 Å². The van der Waals surface area contributed by atoms with Crippen LogP contribution >= 0.6 is 0 Å². The van der Waals surface area contributed by atoms with Gasteiger partial charge in [0.15, 0.2) is 0 Å². The number of benzene rings is 3. The summed E-state index contributed by atoms with van der Waals surface area (Å²) in [6.07, 6.45) is 2.15. The molecule has 0 spiro atoms. The van der Waals surface area contributed by atoms with E-state index in [9.17, 15) is 19.2 Å². The highest BCUT2D eigenvalue weighted by molar-refractivity contribution is 6.05. The molecule has 2 N–H and O–H groups in total. The average Bonchev–Trinajstić information content (AvgIpc) is 3.45. The fraction of sp³-hybridized carbons (Fsp3) is 0.361. The third kappa shape index (κ3) is 5.99. The molecule has 3 aromatic carbocycles. The van der Waals surface area contributed by atoms with Crippen LogP contribution in [0.25, 0.3) is 22.3 Å². The Morgan fingerprint density at radius 2 is 1.73 bits per heavy atom. The number of aromatic nitrogens is 2. The van der Waals surface area contributed by atoms with Gasteiger partial charge < -0.3 is 24.3 Å². The van der Waals surface area contributed by atoms with Crippen molar-refractivity contribution in [2.75, 3.05) is 39.3 Å². The minimum absolute atomic E-state index is 0.0114. The number of piperidine rings is 2. The SMILES string of the molecule is COc1cc(OC)c2c(=O)[nH]c(-c3ccc(N4CCC(N(C)Cc5ccc6c(c5F)CN(C5CCC(=O)NC5=O)C6=O)CC4)cc3)nc2c1. The van der Waals surface area contributed by atoms with Gasteiger partial charge in [-0.3, -0.25) is 29.4 Å². The highest BCUT2D eigenvalue weighted by atomic mass is 19.1. The molecule has 7 rings (SSSR count). The van der Waals surface area contributed by atoms with Crippen LogP contribution in [-0.4, -0.2) is 83.9 Å². The van der Waals surface area contributed by atoms with E-state index in [-0.39, 0.29) is 48.4 Å². The number of H-pyrrole nitrogens is 1. The Labute approximate surface area is 281 Å². The summed E-state index contributed by atoms with van der Waals surface area (Å²) in [5.74, 6) is -0.274. The quantitative estimate of drug-likeness (QED) is 0.270. The predicted molar refractivity (Wildman–Crippen MR) is 180 cm³/mol. The van der Waals surface area contributed by atoms with Crippen molar-refractivity contribution in [1.29, 1.82) is 0 Å². The number of imide groups is 1. The van der Waals surface area contributed by atoms with Gasteiger partial charge in [-0.1, -0.05) is 6.07 Å². The van der Waals surface area contributed by atoms with Crippen LogP contribution in [0.4, 0.5) is 10.1 Å². The smallest absolute Gasteiger partial charge is 0.262 e. The van der Waals surface area contributed by atoms with Crippen LogP contribution < -0.4 is 25.2 Å². The van der Waals surface area contributed by atoms with E-state index in [0.29, 0.717) is 45.9 Å². The first kappa shape index (κ1) is 32.3. The van der Waals surface area contributed by atoms with Gasteiger partial charge in [0.05, 0.1) is 26.3 Å². The molecular formula is C36H37FN6O6. The number of ether oxygens (including phenoxy) is 2. The summed E-state index contributed by atoms with van der Waals surface area (Å²) in [6, 6.07) is 14.1. The molecule has 4 heterocycles. The lowest BCUT2D eigenvalue weighted by molar-refractivity contribution is -0.136. The number of fused-ring (bicyclic) bond motifs is 2. The Kier molecular flexibility index (Phi) is 8.53. The second-order valence-electron chi connectivity index (χ2n) is 12.8. The minimum atomic E-state index is -0.780. The summed E-state index contributed by atoms with van der Waals surface area (Å²) >= 11 is 0. The Hall–Kier alpha value is -5.30. The fourth-order valence-corrected chi connectivity index (χ4v) is 7.19. The molecule has 3 amide bonds. The van der Waals surface area contributed by atoms with Gasteiger partial charge in [0.1, 0.15) is 34.6 Å². The highest BCUT2D eigenvalue weighted by Crippen LogP contribution is 2.33. The largest absolute Gasteiger partial charge is 0.497 e. The van der Waals surface area contributed by atoms with E-state index < -0.39 is 17.8 Å². The summed E-state index contributed by atoms with van der Waals surface area (Å²) < 4.78 is 26.5. The molecule has 1 atom stereocenters. The topological polar surface area (TPSA) is 137 Å². The molecule has 2 saturated heterocycles. The van der Waals surface area contributed by atoms with Crippen LogP contribution in [0.2, 0.25) is 0 Å². The number of nitrogens with zero attached hydrogens (tertiary/aromatic N) is 4. The summed E-state index contributed by atoms with van der Waals surface area (Å²) in [5.41, 5.74) is 3.11. The van der Waals surface area contributed by atoms with Gasteiger partial charge in [-0.25, -0.2) is 9.37 Å². The van der Waals surface area contributed by atoms with Crippen LogP contribution in [-0.2, 0) is 22.7 Å². The molecule has 49 heavy (non-hydrogen) atoms. The number of carbonyl (C=O) groups excluding carboxylic acids is 3. The minimum Gasteiger partial charge on any atom is -0.497 e. The first-order chi connectivity index (χ1) is 23.6. The number of methoxy groups -OCH3 is 2. The molecule has 254 valence electrons. The van der Waals surface area contributed by atoms with E-state index in [1.54, 1.807) is 31.4 Å². The first-order valence-electron chi connectivity index (χ1n) is 16.3. The maximum absolute atomic E-state index is 15.8. The van der Waals surface area contributed by atoms with Crippen LogP contribution in [0.15, 0.2) is 53.3 Å². The molecule has 0 saturated carbocycles. The van der Waals surface area contributed by atoms with Crippen LogP contribution in [0.1, 0.15) is 47.2 Å². The molecule has 13 heteroatoms. The third-order valence-corrected chi connectivity index (χ3v) is 9.94. The second kappa shape index (κ2) is 13.0. The second-order valence-corrected chi connectivity index (χ2v) is 12.8. The van der Waals surface area contributed by atoms with Gasteiger partial charge in [0.25, 0.3) is 11.5 Å². The number of rotatable bonds is 8. The lowest BCUT2D eigenvalue weighted by atomic mass is 10.0. The number of hydrogen-bond donors (Lipinski definition) is 2. The maximum atomic E-state index is 15.8. The van der Waals surface area contributed by atoms with Crippen LogP contribution in [0, 0.1) is 5.82 Å². The lowest BCUT2D eigenvalue weighted by Gasteiger charge is -2.38. The van der Waals surface area contributed by atoms with E-state index >= 15 is 4.39 Å². The van der Waals surface area contributed by atoms with Gasteiger partial charge in [-0.2, -0.15) is 0 Å². The highest BCUT2D eigenvalue weighted by Gasteiger charge is 2.40. The van der Waals surface area contributed by atoms with Gasteiger partial charge >= 0.3 is 0 Å². The van der Waals surface area contributed by atoms with Crippen molar-refractivity contribution in [3.05, 3.63) is 81.4 Å². The normalized spacial score (nSPS) is 18.3. The number of hydrogen-bond acceptors (Lipinski definition) is 9.